The van der Waals surface area contributed by atoms with Crippen LogP contribution in [-0.4, -0.2) is 18.0 Å². The molecule has 0 radical (unpaired) electrons. The topological polar surface area (TPSA) is 46.4 Å². The van der Waals surface area contributed by atoms with Gasteiger partial charge in [-0.15, -0.1) is 0 Å². The van der Waals surface area contributed by atoms with Crippen LogP contribution in [0.1, 0.15) is 12.8 Å². The lowest BCUT2D eigenvalue weighted by Crippen LogP contribution is -2.18. The average molecular weight is 306 g/mol. The van der Waals surface area contributed by atoms with E-state index in [9.17, 15) is 10.1 Å². The summed E-state index contributed by atoms with van der Waals surface area (Å²) in [6.07, 6.45) is 2.22. The van der Waals surface area contributed by atoms with E-state index in [-0.39, 0.29) is 5.69 Å². The van der Waals surface area contributed by atoms with Crippen molar-refractivity contribution in [2.75, 3.05) is 18.0 Å². The summed E-state index contributed by atoms with van der Waals surface area (Å²) in [5.74, 6) is 0. The summed E-state index contributed by atoms with van der Waals surface area (Å²) in [5.41, 5.74) is 0.820. The molecule has 1 aliphatic heterocycles. The van der Waals surface area contributed by atoms with Crippen LogP contribution in [0.25, 0.3) is 0 Å². The second kappa shape index (κ2) is 4.59. The van der Waals surface area contributed by atoms with Crippen molar-refractivity contribution in [2.45, 2.75) is 12.8 Å². The highest BCUT2D eigenvalue weighted by Crippen LogP contribution is 2.37. The molecule has 2 rings (SSSR count). The SMILES string of the molecule is O=[N+]([O-])c1cc(N2CCCC2)c(Cl)cc1Br. The molecule has 1 aromatic rings. The number of nitro groups is 1. The quantitative estimate of drug-likeness (QED) is 0.619. The van der Waals surface area contributed by atoms with Crippen LogP contribution < -0.4 is 4.90 Å². The molecular weight excluding hydrogens is 295 g/mol. The first-order chi connectivity index (χ1) is 7.59. The third kappa shape index (κ3) is 2.15. The van der Waals surface area contributed by atoms with Gasteiger partial charge in [0, 0.05) is 19.2 Å². The molecule has 16 heavy (non-hydrogen) atoms. The molecule has 0 spiro atoms. The van der Waals surface area contributed by atoms with Gasteiger partial charge in [0.1, 0.15) is 0 Å². The van der Waals surface area contributed by atoms with Crippen LogP contribution in [0.5, 0.6) is 0 Å². The van der Waals surface area contributed by atoms with Crippen molar-refractivity contribution in [3.05, 3.63) is 31.7 Å². The van der Waals surface area contributed by atoms with Gasteiger partial charge in [-0.05, 0) is 34.8 Å². The molecule has 1 saturated heterocycles. The predicted octanol–water partition coefficient (Wildman–Crippen LogP) is 3.61. The molecule has 0 atom stereocenters. The molecule has 6 heteroatoms. The minimum atomic E-state index is -0.403. The van der Waals surface area contributed by atoms with Crippen LogP contribution >= 0.6 is 27.5 Å². The smallest absolute Gasteiger partial charge is 0.285 e. The van der Waals surface area contributed by atoms with Crippen LogP contribution in [0.2, 0.25) is 5.02 Å². The van der Waals surface area contributed by atoms with E-state index in [1.165, 1.54) is 6.07 Å². The van der Waals surface area contributed by atoms with Crippen molar-refractivity contribution in [1.29, 1.82) is 0 Å². The first kappa shape index (κ1) is 11.7. The van der Waals surface area contributed by atoms with Crippen molar-refractivity contribution >= 4 is 38.9 Å². The molecule has 1 fully saturated rings. The van der Waals surface area contributed by atoms with Gasteiger partial charge in [0.05, 0.1) is 20.1 Å². The molecule has 0 saturated carbocycles. The minimum Gasteiger partial charge on any atom is -0.370 e. The Morgan fingerprint density at radius 1 is 1.38 bits per heavy atom. The van der Waals surface area contributed by atoms with E-state index in [0.29, 0.717) is 9.50 Å². The number of halogens is 2. The van der Waals surface area contributed by atoms with E-state index in [0.717, 1.165) is 31.6 Å². The molecule has 1 aromatic carbocycles. The second-order valence-electron chi connectivity index (χ2n) is 3.71. The highest BCUT2D eigenvalue weighted by Gasteiger charge is 2.21. The van der Waals surface area contributed by atoms with E-state index in [1.807, 2.05) is 0 Å². The number of hydrogen-bond donors (Lipinski definition) is 0. The summed E-state index contributed by atoms with van der Waals surface area (Å²) in [5, 5.41) is 11.4. The van der Waals surface area contributed by atoms with E-state index in [1.54, 1.807) is 6.07 Å². The first-order valence-electron chi connectivity index (χ1n) is 4.98. The van der Waals surface area contributed by atoms with Crippen LogP contribution in [0.4, 0.5) is 11.4 Å². The maximum Gasteiger partial charge on any atom is 0.285 e. The fourth-order valence-corrected chi connectivity index (χ4v) is 2.77. The minimum absolute atomic E-state index is 0.0614. The van der Waals surface area contributed by atoms with Crippen molar-refractivity contribution < 1.29 is 4.92 Å². The van der Waals surface area contributed by atoms with Gasteiger partial charge in [-0.3, -0.25) is 10.1 Å². The standard InChI is InChI=1S/C10H10BrClN2O2/c11-7-5-8(12)10(6-9(7)14(15)16)13-3-1-2-4-13/h5-6H,1-4H2. The summed E-state index contributed by atoms with van der Waals surface area (Å²) < 4.78 is 0.422. The molecule has 0 aromatic heterocycles. The van der Waals surface area contributed by atoms with E-state index < -0.39 is 4.92 Å². The zero-order valence-corrected chi connectivity index (χ0v) is 10.8. The lowest BCUT2D eigenvalue weighted by Gasteiger charge is -2.18. The van der Waals surface area contributed by atoms with Gasteiger partial charge in [0.2, 0.25) is 0 Å². The molecule has 0 bridgehead atoms. The molecule has 0 amide bonds. The Hall–Kier alpha value is -0.810. The second-order valence-corrected chi connectivity index (χ2v) is 4.97. The largest absolute Gasteiger partial charge is 0.370 e. The van der Waals surface area contributed by atoms with Crippen molar-refractivity contribution in [3.63, 3.8) is 0 Å². The van der Waals surface area contributed by atoms with Crippen molar-refractivity contribution in [3.8, 4) is 0 Å². The molecule has 4 nitrogen and oxygen atoms in total. The molecule has 86 valence electrons. The molecular formula is C10H10BrClN2O2. The van der Waals surface area contributed by atoms with Gasteiger partial charge in [-0.2, -0.15) is 0 Å². The van der Waals surface area contributed by atoms with E-state index in [4.69, 9.17) is 11.6 Å². The van der Waals surface area contributed by atoms with Crippen LogP contribution in [0.15, 0.2) is 16.6 Å². The Kier molecular flexibility index (Phi) is 3.35. The van der Waals surface area contributed by atoms with Crippen molar-refractivity contribution in [2.24, 2.45) is 0 Å². The summed E-state index contributed by atoms with van der Waals surface area (Å²) in [7, 11) is 0. The zero-order valence-electron chi connectivity index (χ0n) is 8.45. The number of nitrogens with zero attached hydrogens (tertiary/aromatic N) is 2. The summed E-state index contributed by atoms with van der Waals surface area (Å²) >= 11 is 9.24. The van der Waals surface area contributed by atoms with E-state index in [2.05, 4.69) is 20.8 Å². The third-order valence-corrected chi connectivity index (χ3v) is 3.60. The van der Waals surface area contributed by atoms with Crippen LogP contribution in [0.3, 0.4) is 0 Å². The Morgan fingerprint density at radius 3 is 2.56 bits per heavy atom. The average Bonchev–Trinajstić information content (AvgIpc) is 2.70. The van der Waals surface area contributed by atoms with Gasteiger partial charge in [0.25, 0.3) is 5.69 Å². The molecule has 0 N–H and O–H groups in total. The highest BCUT2D eigenvalue weighted by atomic mass is 79.9. The number of anilines is 1. The lowest BCUT2D eigenvalue weighted by atomic mass is 10.2. The number of hydrogen-bond acceptors (Lipinski definition) is 3. The fraction of sp³-hybridized carbons (Fsp3) is 0.400. The summed E-state index contributed by atoms with van der Waals surface area (Å²) in [6, 6.07) is 3.13. The van der Waals surface area contributed by atoms with Crippen molar-refractivity contribution in [1.82, 2.24) is 0 Å². The molecule has 1 aliphatic rings. The van der Waals surface area contributed by atoms with Crippen LogP contribution in [-0.2, 0) is 0 Å². The Morgan fingerprint density at radius 2 is 2.00 bits per heavy atom. The van der Waals surface area contributed by atoms with Crippen LogP contribution in [0, 0.1) is 10.1 Å². The monoisotopic (exact) mass is 304 g/mol. The Balaban J connectivity index is 2.44. The summed E-state index contributed by atoms with van der Waals surface area (Å²) in [6.45, 7) is 1.83. The third-order valence-electron chi connectivity index (χ3n) is 2.66. The molecule has 0 aliphatic carbocycles. The predicted molar refractivity (Wildman–Crippen MR) is 67.3 cm³/mol. The van der Waals surface area contributed by atoms with Gasteiger partial charge >= 0.3 is 0 Å². The Labute approximate surface area is 106 Å². The van der Waals surface area contributed by atoms with Gasteiger partial charge in [0.15, 0.2) is 0 Å². The maximum atomic E-state index is 10.8. The maximum absolute atomic E-state index is 10.8. The lowest BCUT2D eigenvalue weighted by molar-refractivity contribution is -0.385. The van der Waals surface area contributed by atoms with Gasteiger partial charge < -0.3 is 4.90 Å². The van der Waals surface area contributed by atoms with Gasteiger partial charge in [-0.1, -0.05) is 11.6 Å². The summed E-state index contributed by atoms with van der Waals surface area (Å²) in [4.78, 5) is 12.5. The van der Waals surface area contributed by atoms with Gasteiger partial charge in [-0.25, -0.2) is 0 Å². The number of nitro benzene ring substituents is 1. The Bertz CT molecular complexity index is 433. The number of rotatable bonds is 2. The highest BCUT2D eigenvalue weighted by molar-refractivity contribution is 9.10. The zero-order chi connectivity index (χ0) is 11.7. The van der Waals surface area contributed by atoms with E-state index >= 15 is 0 Å². The number of benzene rings is 1. The molecule has 1 heterocycles. The fourth-order valence-electron chi connectivity index (χ4n) is 1.87. The first-order valence-corrected chi connectivity index (χ1v) is 6.15. The molecule has 0 unspecified atom stereocenters. The normalized spacial score (nSPS) is 15.5.